The fourth-order valence-electron chi connectivity index (χ4n) is 1.56. The Morgan fingerprint density at radius 1 is 1.33 bits per heavy atom. The molecule has 0 spiro atoms. The molecule has 0 atom stereocenters. The average Bonchev–Trinajstić information content (AvgIpc) is 2.33. The molecule has 0 radical (unpaired) electrons. The molecule has 0 aliphatic heterocycles. The van der Waals surface area contributed by atoms with Crippen LogP contribution >= 0.6 is 11.6 Å². The number of nitrogens with two attached hydrogens (primary N) is 1. The van der Waals surface area contributed by atoms with Crippen molar-refractivity contribution in [3.8, 4) is 5.75 Å². The number of benzene rings is 1. The zero-order chi connectivity index (χ0) is 13.6. The van der Waals surface area contributed by atoms with E-state index >= 15 is 0 Å². The first-order chi connectivity index (χ1) is 8.44. The summed E-state index contributed by atoms with van der Waals surface area (Å²) >= 11 is 5.66. The second kappa shape index (κ2) is 6.95. The van der Waals surface area contributed by atoms with Gasteiger partial charge in [-0.2, -0.15) is 0 Å². The minimum atomic E-state index is -0.422. The molecule has 1 aromatic carbocycles. The molecule has 2 N–H and O–H groups in total. The summed E-state index contributed by atoms with van der Waals surface area (Å²) < 4.78 is 18.4. The summed E-state index contributed by atoms with van der Waals surface area (Å²) in [6.45, 7) is 5.63. The van der Waals surface area contributed by atoms with Crippen LogP contribution in [0.3, 0.4) is 0 Å². The van der Waals surface area contributed by atoms with E-state index in [-0.39, 0.29) is 10.4 Å². The molecule has 0 amide bonds. The Kier molecular flexibility index (Phi) is 5.89. The van der Waals surface area contributed by atoms with Crippen molar-refractivity contribution >= 4 is 11.6 Å². The summed E-state index contributed by atoms with van der Waals surface area (Å²) in [5, 5.41) is 0.0942. The maximum atomic E-state index is 12.9. The highest BCUT2D eigenvalue weighted by Gasteiger charge is 2.14. The number of hydrogen-bond donors (Lipinski definition) is 1. The van der Waals surface area contributed by atoms with Gasteiger partial charge in [-0.3, -0.25) is 0 Å². The zero-order valence-electron chi connectivity index (χ0n) is 11.0. The number of unbranched alkanes of at least 4 members (excludes halogenated alkanes) is 1. The van der Waals surface area contributed by atoms with E-state index in [4.69, 9.17) is 22.1 Å². The van der Waals surface area contributed by atoms with Gasteiger partial charge in [-0.25, -0.2) is 4.39 Å². The van der Waals surface area contributed by atoms with Crippen LogP contribution in [-0.2, 0) is 0 Å². The quantitative estimate of drug-likeness (QED) is 0.762. The average molecular weight is 274 g/mol. The fraction of sp³-hybridized carbons (Fsp3) is 0.571. The van der Waals surface area contributed by atoms with Crippen molar-refractivity contribution < 1.29 is 9.13 Å². The first-order valence-corrected chi connectivity index (χ1v) is 6.60. The van der Waals surface area contributed by atoms with Gasteiger partial charge in [0.15, 0.2) is 0 Å². The molecule has 0 aliphatic rings. The maximum absolute atomic E-state index is 12.9. The lowest BCUT2D eigenvalue weighted by atomic mass is 9.87. The molecule has 18 heavy (non-hydrogen) atoms. The van der Waals surface area contributed by atoms with E-state index in [1.54, 1.807) is 6.07 Å². The highest BCUT2D eigenvalue weighted by Crippen LogP contribution is 2.23. The fourth-order valence-corrected chi connectivity index (χ4v) is 1.73. The second-order valence-electron chi connectivity index (χ2n) is 5.25. The maximum Gasteiger partial charge on any atom is 0.142 e. The van der Waals surface area contributed by atoms with Crippen LogP contribution in [0.1, 0.15) is 33.1 Å². The van der Waals surface area contributed by atoms with E-state index in [0.29, 0.717) is 18.9 Å². The van der Waals surface area contributed by atoms with Crippen molar-refractivity contribution in [2.75, 3.05) is 13.2 Å². The first kappa shape index (κ1) is 15.3. The molecule has 0 unspecified atom stereocenters. The molecule has 1 rings (SSSR count). The molecule has 2 nitrogen and oxygen atoms in total. The molecule has 0 heterocycles. The molecule has 4 heteroatoms. The van der Waals surface area contributed by atoms with Gasteiger partial charge in [0.1, 0.15) is 11.6 Å². The summed E-state index contributed by atoms with van der Waals surface area (Å²) in [6, 6.07) is 4.40. The molecule has 0 aromatic heterocycles. The molecule has 0 saturated heterocycles. The van der Waals surface area contributed by atoms with Crippen LogP contribution in [0.2, 0.25) is 5.02 Å². The Morgan fingerprint density at radius 2 is 2.06 bits per heavy atom. The molecule has 0 aliphatic carbocycles. The smallest absolute Gasteiger partial charge is 0.142 e. The predicted molar refractivity (Wildman–Crippen MR) is 73.6 cm³/mol. The largest absolute Gasteiger partial charge is 0.494 e. The van der Waals surface area contributed by atoms with Gasteiger partial charge >= 0.3 is 0 Å². The van der Waals surface area contributed by atoms with Crippen LogP contribution in [0, 0.1) is 11.2 Å². The van der Waals surface area contributed by atoms with Crippen molar-refractivity contribution in [3.63, 3.8) is 0 Å². The second-order valence-corrected chi connectivity index (χ2v) is 5.66. The van der Waals surface area contributed by atoms with Crippen LogP contribution in [0.4, 0.5) is 4.39 Å². The lowest BCUT2D eigenvalue weighted by Gasteiger charge is -2.21. The van der Waals surface area contributed by atoms with Gasteiger partial charge in [0.2, 0.25) is 0 Å². The SMILES string of the molecule is CC(C)(CN)CCCCOc1ccc(F)c(Cl)c1. The molecular weight excluding hydrogens is 253 g/mol. The van der Waals surface area contributed by atoms with Crippen molar-refractivity contribution in [1.29, 1.82) is 0 Å². The molecule has 0 saturated carbocycles. The van der Waals surface area contributed by atoms with Gasteiger partial charge in [0.05, 0.1) is 11.6 Å². The topological polar surface area (TPSA) is 35.2 Å². The van der Waals surface area contributed by atoms with Crippen molar-refractivity contribution in [1.82, 2.24) is 0 Å². The number of halogens is 2. The zero-order valence-corrected chi connectivity index (χ0v) is 11.8. The lowest BCUT2D eigenvalue weighted by molar-refractivity contribution is 0.278. The Balaban J connectivity index is 2.24. The Bertz CT molecular complexity index is 382. The third-order valence-electron chi connectivity index (χ3n) is 2.96. The Hall–Kier alpha value is -0.800. The highest BCUT2D eigenvalue weighted by atomic mass is 35.5. The van der Waals surface area contributed by atoms with Crippen molar-refractivity contribution in [3.05, 3.63) is 29.0 Å². The predicted octanol–water partition coefficient (Wildman–Crippen LogP) is 4.01. The Morgan fingerprint density at radius 3 is 2.67 bits per heavy atom. The third kappa shape index (κ3) is 5.23. The van der Waals surface area contributed by atoms with Gasteiger partial charge < -0.3 is 10.5 Å². The summed E-state index contributed by atoms with van der Waals surface area (Å²) in [6.07, 6.45) is 3.11. The molecule has 0 bridgehead atoms. The minimum Gasteiger partial charge on any atom is -0.494 e. The van der Waals surface area contributed by atoms with E-state index < -0.39 is 5.82 Å². The molecule has 0 fully saturated rings. The first-order valence-electron chi connectivity index (χ1n) is 6.22. The molecule has 1 aromatic rings. The number of ether oxygens (including phenoxy) is 1. The summed E-state index contributed by atoms with van der Waals surface area (Å²) in [5.74, 6) is 0.188. The van der Waals surface area contributed by atoms with Gasteiger partial charge in [0.25, 0.3) is 0 Å². The van der Waals surface area contributed by atoms with Crippen molar-refractivity contribution in [2.24, 2.45) is 11.1 Å². The molecule has 102 valence electrons. The van der Waals surface area contributed by atoms with E-state index in [2.05, 4.69) is 13.8 Å². The van der Waals surface area contributed by atoms with Crippen LogP contribution < -0.4 is 10.5 Å². The van der Waals surface area contributed by atoms with Crippen LogP contribution in [-0.4, -0.2) is 13.2 Å². The van der Waals surface area contributed by atoms with Crippen LogP contribution in [0.25, 0.3) is 0 Å². The van der Waals surface area contributed by atoms with E-state index in [0.717, 1.165) is 19.3 Å². The normalized spacial score (nSPS) is 11.6. The highest BCUT2D eigenvalue weighted by molar-refractivity contribution is 6.30. The van der Waals surface area contributed by atoms with Crippen LogP contribution in [0.5, 0.6) is 5.75 Å². The van der Waals surface area contributed by atoms with Gasteiger partial charge in [-0.15, -0.1) is 0 Å². The lowest BCUT2D eigenvalue weighted by Crippen LogP contribution is -2.23. The van der Waals surface area contributed by atoms with Gasteiger partial charge in [-0.05, 0) is 43.4 Å². The standard InChI is InChI=1S/C14H21ClFNO/c1-14(2,10-17)7-3-4-8-18-11-5-6-13(16)12(15)9-11/h5-6,9H,3-4,7-8,10,17H2,1-2H3. The van der Waals surface area contributed by atoms with Gasteiger partial charge in [0, 0.05) is 6.07 Å². The monoisotopic (exact) mass is 273 g/mol. The van der Waals surface area contributed by atoms with E-state index in [1.165, 1.54) is 12.1 Å². The minimum absolute atomic E-state index is 0.0942. The Labute approximate surface area is 113 Å². The summed E-state index contributed by atoms with van der Waals surface area (Å²) in [4.78, 5) is 0. The number of rotatable bonds is 7. The van der Waals surface area contributed by atoms with Gasteiger partial charge in [-0.1, -0.05) is 25.4 Å². The molecular formula is C14H21ClFNO. The summed E-state index contributed by atoms with van der Waals surface area (Å²) in [7, 11) is 0. The van der Waals surface area contributed by atoms with E-state index in [1.807, 2.05) is 0 Å². The van der Waals surface area contributed by atoms with E-state index in [9.17, 15) is 4.39 Å². The van der Waals surface area contributed by atoms with Crippen molar-refractivity contribution in [2.45, 2.75) is 33.1 Å². The number of hydrogen-bond acceptors (Lipinski definition) is 2. The van der Waals surface area contributed by atoms with Crippen LogP contribution in [0.15, 0.2) is 18.2 Å². The third-order valence-corrected chi connectivity index (χ3v) is 3.25. The summed E-state index contributed by atoms with van der Waals surface area (Å²) in [5.41, 5.74) is 5.86.